The van der Waals surface area contributed by atoms with Gasteiger partial charge in [0.25, 0.3) is 11.8 Å². The molecule has 18 heteroatoms. The van der Waals surface area contributed by atoms with Crippen LogP contribution in [0.25, 0.3) is 10.8 Å². The number of esters is 1. The summed E-state index contributed by atoms with van der Waals surface area (Å²) >= 11 is 3.53. The van der Waals surface area contributed by atoms with Gasteiger partial charge in [-0.25, -0.2) is 8.42 Å². The molecule has 0 aliphatic heterocycles. The number of sulfone groups is 1. The van der Waals surface area contributed by atoms with Crippen molar-refractivity contribution >= 4 is 84.6 Å². The van der Waals surface area contributed by atoms with Crippen LogP contribution >= 0.6 is 34.9 Å². The number of benzene rings is 5. The Labute approximate surface area is 339 Å². The first-order chi connectivity index (χ1) is 27.3. The number of rotatable bonds is 14. The molecule has 4 N–H and O–H groups in total. The maximum Gasteiger partial charge on any atom is 0.318 e. The minimum atomic E-state index is -3.87. The van der Waals surface area contributed by atoms with Crippen molar-refractivity contribution in [3.05, 3.63) is 103 Å². The number of phenols is 2. The lowest BCUT2D eigenvalue weighted by Gasteiger charge is -2.18. The predicted octanol–water partition coefficient (Wildman–Crippen LogP) is 7.41. The van der Waals surface area contributed by atoms with Crippen LogP contribution in [0.1, 0.15) is 24.2 Å². The molecule has 1 heterocycles. The van der Waals surface area contributed by atoms with Crippen molar-refractivity contribution in [3.63, 3.8) is 0 Å². The summed E-state index contributed by atoms with van der Waals surface area (Å²) in [7, 11) is -1.10. The lowest BCUT2D eigenvalue weighted by Crippen LogP contribution is -2.30. The van der Waals surface area contributed by atoms with Crippen LogP contribution in [0.4, 0.5) is 11.4 Å². The maximum absolute atomic E-state index is 13.7. The SMILES string of the molecule is COC(=O)C(C)Sc1nnc(Sc2cc(C(=O)Nc3ccccc3OC)c(O)c3cccc(NC(=O)C(C)Oc4ccc(S(=O)(=O)c5ccc(O)cc5)cc4)c23)s1. The minimum absolute atomic E-state index is 0.00293. The number of phenolic OH excluding ortho intramolecular Hbond substituents is 2. The fourth-order valence-electron chi connectivity index (χ4n) is 5.42. The number of thioether (sulfide) groups is 1. The number of carbonyl (C=O) groups is 3. The molecule has 0 spiro atoms. The second-order valence-corrected chi connectivity index (χ2v) is 17.9. The zero-order valence-corrected chi connectivity index (χ0v) is 33.8. The third-order valence-electron chi connectivity index (χ3n) is 8.31. The summed E-state index contributed by atoms with van der Waals surface area (Å²) in [4.78, 5) is 39.8. The average molecular weight is 847 g/mol. The standard InChI is InChI=1S/C39H34N4O10S4/c1-21(53-24-14-18-26(19-15-24)57(49,50)25-16-12-23(44)13-17-25)35(46)41-30-10-7-8-27-33(30)32(55-39-43-42-38(56-39)54-22(2)37(48)52-4)20-28(34(27)45)36(47)40-29-9-5-6-11-31(29)51-3/h5-22,44-45H,1-4H3,(H,40,47)(H,41,46). The molecule has 2 amide bonds. The summed E-state index contributed by atoms with van der Waals surface area (Å²) in [6.45, 7) is 3.20. The number of hydrogen-bond acceptors (Lipinski definition) is 15. The first kappa shape index (κ1) is 40.8. The molecular weight excluding hydrogens is 813 g/mol. The number of aromatic hydroxyl groups is 2. The summed E-state index contributed by atoms with van der Waals surface area (Å²) < 4.78 is 43.1. The van der Waals surface area contributed by atoms with Crippen LogP contribution in [0.15, 0.2) is 120 Å². The summed E-state index contributed by atoms with van der Waals surface area (Å²) in [6.07, 6.45) is -1.07. The Hall–Kier alpha value is -5.82. The van der Waals surface area contributed by atoms with Gasteiger partial charge in [0.2, 0.25) is 9.84 Å². The molecule has 0 saturated heterocycles. The second-order valence-electron chi connectivity index (χ2n) is 12.1. The number of aromatic nitrogens is 2. The van der Waals surface area contributed by atoms with E-state index in [9.17, 15) is 33.0 Å². The number of hydrogen-bond donors (Lipinski definition) is 4. The molecule has 2 atom stereocenters. The van der Waals surface area contributed by atoms with Gasteiger partial charge in [0.05, 0.1) is 35.3 Å². The number of fused-ring (bicyclic) bond motifs is 1. The van der Waals surface area contributed by atoms with Gasteiger partial charge in [-0.1, -0.05) is 59.1 Å². The van der Waals surface area contributed by atoms with E-state index >= 15 is 0 Å². The predicted molar refractivity (Wildman–Crippen MR) is 217 cm³/mol. The highest BCUT2D eigenvalue weighted by Crippen LogP contribution is 2.45. The highest BCUT2D eigenvalue weighted by Gasteiger charge is 2.25. The quantitative estimate of drug-likeness (QED) is 0.0623. The van der Waals surface area contributed by atoms with Crippen LogP contribution in [0, 0.1) is 0 Å². The van der Waals surface area contributed by atoms with E-state index < -0.39 is 39.0 Å². The molecule has 0 fully saturated rings. The lowest BCUT2D eigenvalue weighted by molar-refractivity contribution is -0.139. The Morgan fingerprint density at radius 3 is 2.14 bits per heavy atom. The molecule has 57 heavy (non-hydrogen) atoms. The van der Waals surface area contributed by atoms with E-state index in [0.29, 0.717) is 30.4 Å². The number of methoxy groups -OCH3 is 2. The fraction of sp³-hybridized carbons (Fsp3) is 0.154. The van der Waals surface area contributed by atoms with Crippen molar-refractivity contribution in [2.75, 3.05) is 24.9 Å². The minimum Gasteiger partial charge on any atom is -0.508 e. The molecule has 1 aromatic heterocycles. The number of anilines is 2. The summed E-state index contributed by atoms with van der Waals surface area (Å²) in [5, 5.41) is 35.3. The molecule has 2 unspecified atom stereocenters. The van der Waals surface area contributed by atoms with E-state index in [4.69, 9.17) is 14.2 Å². The number of para-hydroxylation sites is 2. The first-order valence-corrected chi connectivity index (χ1v) is 20.9. The van der Waals surface area contributed by atoms with Gasteiger partial charge in [0, 0.05) is 21.4 Å². The Morgan fingerprint density at radius 2 is 1.46 bits per heavy atom. The van der Waals surface area contributed by atoms with Crippen LogP contribution in [-0.4, -0.2) is 72.2 Å². The Kier molecular flexibility index (Phi) is 12.6. The average Bonchev–Trinajstić information content (AvgIpc) is 3.65. The van der Waals surface area contributed by atoms with E-state index in [-0.39, 0.29) is 43.7 Å². The number of ether oxygens (including phenoxy) is 3. The van der Waals surface area contributed by atoms with Gasteiger partial charge in [-0.05, 0) is 86.6 Å². The van der Waals surface area contributed by atoms with Crippen molar-refractivity contribution in [3.8, 4) is 23.0 Å². The van der Waals surface area contributed by atoms with E-state index in [2.05, 4.69) is 20.8 Å². The van der Waals surface area contributed by atoms with Crippen LogP contribution in [-0.2, 0) is 24.2 Å². The second kappa shape index (κ2) is 17.5. The van der Waals surface area contributed by atoms with Gasteiger partial charge in [0.1, 0.15) is 28.2 Å². The lowest BCUT2D eigenvalue weighted by atomic mass is 10.0. The number of amides is 2. The molecule has 14 nitrogen and oxygen atoms in total. The maximum atomic E-state index is 13.7. The van der Waals surface area contributed by atoms with Gasteiger partial charge >= 0.3 is 5.97 Å². The molecule has 0 aliphatic carbocycles. The van der Waals surface area contributed by atoms with Gasteiger partial charge in [0.15, 0.2) is 14.8 Å². The van der Waals surface area contributed by atoms with Gasteiger partial charge < -0.3 is 35.1 Å². The molecule has 0 bridgehead atoms. The molecule has 6 rings (SSSR count). The normalized spacial score (nSPS) is 12.4. The van der Waals surface area contributed by atoms with E-state index in [1.807, 2.05) is 0 Å². The highest BCUT2D eigenvalue weighted by atomic mass is 32.2. The zero-order valence-electron chi connectivity index (χ0n) is 30.6. The molecular formula is C39H34N4O10S4. The number of carbonyl (C=O) groups excluding carboxylic acids is 3. The smallest absolute Gasteiger partial charge is 0.318 e. The molecule has 0 radical (unpaired) electrons. The van der Waals surface area contributed by atoms with E-state index in [1.54, 1.807) is 49.4 Å². The Bertz CT molecular complexity index is 2570. The monoisotopic (exact) mass is 846 g/mol. The summed E-state index contributed by atoms with van der Waals surface area (Å²) in [5.41, 5.74) is 0.606. The van der Waals surface area contributed by atoms with Gasteiger partial charge in [-0.2, -0.15) is 0 Å². The van der Waals surface area contributed by atoms with Gasteiger partial charge in [-0.15, -0.1) is 10.2 Å². The van der Waals surface area contributed by atoms with Crippen LogP contribution in [0.2, 0.25) is 0 Å². The third-order valence-corrected chi connectivity index (χ3v) is 13.3. The van der Waals surface area contributed by atoms with Crippen molar-refractivity contribution in [2.45, 2.75) is 48.6 Å². The Balaban J connectivity index is 1.29. The largest absolute Gasteiger partial charge is 0.508 e. The molecule has 0 saturated carbocycles. The van der Waals surface area contributed by atoms with E-state index in [0.717, 1.165) is 11.8 Å². The van der Waals surface area contributed by atoms with Crippen LogP contribution in [0.3, 0.4) is 0 Å². The van der Waals surface area contributed by atoms with Crippen molar-refractivity contribution in [1.82, 2.24) is 10.2 Å². The van der Waals surface area contributed by atoms with Crippen molar-refractivity contribution in [1.29, 1.82) is 0 Å². The first-order valence-electron chi connectivity index (χ1n) is 16.9. The van der Waals surface area contributed by atoms with Crippen LogP contribution in [0.5, 0.6) is 23.0 Å². The van der Waals surface area contributed by atoms with Crippen LogP contribution < -0.4 is 20.1 Å². The molecule has 294 valence electrons. The topological polar surface area (TPSA) is 203 Å². The molecule has 5 aromatic carbocycles. The summed E-state index contributed by atoms with van der Waals surface area (Å²) in [6, 6.07) is 23.9. The zero-order chi connectivity index (χ0) is 40.9. The highest BCUT2D eigenvalue weighted by molar-refractivity contribution is 8.04. The third kappa shape index (κ3) is 9.26. The van der Waals surface area contributed by atoms with E-state index in [1.165, 1.54) is 98.8 Å². The number of nitrogens with zero attached hydrogens (tertiary/aromatic N) is 2. The van der Waals surface area contributed by atoms with Gasteiger partial charge in [-0.3, -0.25) is 14.4 Å². The Morgan fingerprint density at radius 1 is 0.807 bits per heavy atom. The molecule has 6 aromatic rings. The molecule has 0 aliphatic rings. The van der Waals surface area contributed by atoms with Crippen molar-refractivity contribution < 1.29 is 47.2 Å². The fourth-order valence-corrected chi connectivity index (χ4v) is 10.0. The number of nitrogens with one attached hydrogen (secondary N) is 2. The van der Waals surface area contributed by atoms with Crippen molar-refractivity contribution in [2.24, 2.45) is 0 Å². The summed E-state index contributed by atoms with van der Waals surface area (Å²) in [5.74, 6) is -1.38.